The molecule has 4 heteroatoms. The minimum Gasteiger partial charge on any atom is -0.331 e. The van der Waals surface area contributed by atoms with E-state index in [1.807, 2.05) is 12.5 Å². The van der Waals surface area contributed by atoms with Gasteiger partial charge in [-0.05, 0) is 45.6 Å². The van der Waals surface area contributed by atoms with Crippen LogP contribution in [0.2, 0.25) is 0 Å². The van der Waals surface area contributed by atoms with Crippen LogP contribution in [0, 0.1) is 5.92 Å². The van der Waals surface area contributed by atoms with E-state index in [2.05, 4.69) is 28.3 Å². The summed E-state index contributed by atoms with van der Waals surface area (Å²) in [4.78, 5) is 7.05. The van der Waals surface area contributed by atoms with Gasteiger partial charge in [-0.2, -0.15) is 0 Å². The first-order chi connectivity index (χ1) is 9.72. The van der Waals surface area contributed by atoms with Gasteiger partial charge in [0.1, 0.15) is 0 Å². The lowest BCUT2D eigenvalue weighted by atomic mass is 9.85. The highest BCUT2D eigenvalue weighted by Gasteiger charge is 2.39. The van der Waals surface area contributed by atoms with Gasteiger partial charge in [0.15, 0.2) is 0 Å². The molecule has 3 rings (SSSR count). The first-order valence-corrected chi connectivity index (χ1v) is 8.20. The second-order valence-electron chi connectivity index (χ2n) is 6.71. The van der Waals surface area contributed by atoms with Crippen LogP contribution in [0.5, 0.6) is 0 Å². The van der Waals surface area contributed by atoms with Gasteiger partial charge in [0, 0.05) is 24.8 Å². The highest BCUT2D eigenvalue weighted by Crippen LogP contribution is 2.40. The average Bonchev–Trinajstić information content (AvgIpc) is 3.07. The first-order valence-electron chi connectivity index (χ1n) is 8.20. The number of nitrogens with zero attached hydrogens (tertiary/aromatic N) is 3. The summed E-state index contributed by atoms with van der Waals surface area (Å²) in [6.45, 7) is 6.33. The van der Waals surface area contributed by atoms with Crippen molar-refractivity contribution in [2.24, 2.45) is 11.7 Å². The van der Waals surface area contributed by atoms with Gasteiger partial charge >= 0.3 is 0 Å². The van der Waals surface area contributed by atoms with Crippen molar-refractivity contribution in [3.05, 3.63) is 18.2 Å². The molecule has 20 heavy (non-hydrogen) atoms. The maximum absolute atomic E-state index is 6.15. The molecule has 1 aliphatic carbocycles. The fourth-order valence-corrected chi connectivity index (χ4v) is 4.26. The molecule has 4 nitrogen and oxygen atoms in total. The SMILES string of the molecule is CC(C)n1cncc1C(CN)N1CCC2CCCCC21. The molecule has 2 heterocycles. The van der Waals surface area contributed by atoms with Crippen molar-refractivity contribution < 1.29 is 0 Å². The molecule has 0 bridgehead atoms. The van der Waals surface area contributed by atoms with E-state index in [-0.39, 0.29) is 0 Å². The first kappa shape index (κ1) is 14.1. The Morgan fingerprint density at radius 2 is 2.10 bits per heavy atom. The number of likely N-dealkylation sites (tertiary alicyclic amines) is 1. The summed E-state index contributed by atoms with van der Waals surface area (Å²) in [6.07, 6.45) is 10.9. The number of hydrogen-bond donors (Lipinski definition) is 1. The molecule has 0 amide bonds. The van der Waals surface area contributed by atoms with Crippen molar-refractivity contribution in [3.63, 3.8) is 0 Å². The summed E-state index contributed by atoms with van der Waals surface area (Å²) in [7, 11) is 0. The van der Waals surface area contributed by atoms with Gasteiger partial charge in [-0.1, -0.05) is 12.8 Å². The van der Waals surface area contributed by atoms with Crippen LogP contribution in [0.3, 0.4) is 0 Å². The summed E-state index contributed by atoms with van der Waals surface area (Å²) < 4.78 is 2.29. The molecule has 2 aliphatic rings. The van der Waals surface area contributed by atoms with Crippen LogP contribution in [0.15, 0.2) is 12.5 Å². The van der Waals surface area contributed by atoms with Crippen molar-refractivity contribution in [3.8, 4) is 0 Å². The summed E-state index contributed by atoms with van der Waals surface area (Å²) >= 11 is 0. The maximum atomic E-state index is 6.15. The van der Waals surface area contributed by atoms with E-state index in [0.717, 1.165) is 12.0 Å². The molecule has 3 atom stereocenters. The molecule has 0 spiro atoms. The summed E-state index contributed by atoms with van der Waals surface area (Å²) in [5, 5.41) is 0. The molecule has 1 aliphatic heterocycles. The molecule has 0 radical (unpaired) electrons. The van der Waals surface area contributed by atoms with Gasteiger partial charge < -0.3 is 10.3 Å². The summed E-state index contributed by atoms with van der Waals surface area (Å²) in [6, 6.07) is 1.55. The zero-order valence-corrected chi connectivity index (χ0v) is 12.8. The number of hydrogen-bond acceptors (Lipinski definition) is 3. The molecule has 1 aromatic rings. The molecular weight excluding hydrogens is 248 g/mol. The number of imidazole rings is 1. The van der Waals surface area contributed by atoms with Crippen LogP contribution in [0.25, 0.3) is 0 Å². The average molecular weight is 276 g/mol. The van der Waals surface area contributed by atoms with Gasteiger partial charge in [-0.3, -0.25) is 4.90 Å². The quantitative estimate of drug-likeness (QED) is 0.920. The molecule has 112 valence electrons. The Morgan fingerprint density at radius 3 is 2.85 bits per heavy atom. The minimum atomic E-state index is 0.341. The number of fused-ring (bicyclic) bond motifs is 1. The number of aromatic nitrogens is 2. The van der Waals surface area contributed by atoms with E-state index >= 15 is 0 Å². The zero-order valence-electron chi connectivity index (χ0n) is 12.8. The summed E-state index contributed by atoms with van der Waals surface area (Å²) in [5.41, 5.74) is 7.45. The van der Waals surface area contributed by atoms with Crippen molar-refractivity contribution in [1.29, 1.82) is 0 Å². The third kappa shape index (κ3) is 2.40. The Balaban J connectivity index is 1.84. The van der Waals surface area contributed by atoms with Crippen LogP contribution in [0.1, 0.15) is 63.7 Å². The van der Waals surface area contributed by atoms with Gasteiger partial charge in [-0.15, -0.1) is 0 Å². The molecular formula is C16H28N4. The van der Waals surface area contributed by atoms with E-state index in [0.29, 0.717) is 18.6 Å². The largest absolute Gasteiger partial charge is 0.331 e. The molecule has 2 N–H and O–H groups in total. The van der Waals surface area contributed by atoms with Gasteiger partial charge in [0.05, 0.1) is 18.1 Å². The Hall–Kier alpha value is -0.870. The Labute approximate surface area is 122 Å². The molecule has 1 saturated heterocycles. The van der Waals surface area contributed by atoms with Gasteiger partial charge in [-0.25, -0.2) is 4.98 Å². The van der Waals surface area contributed by atoms with Crippen LogP contribution >= 0.6 is 0 Å². The van der Waals surface area contributed by atoms with Gasteiger partial charge in [0.25, 0.3) is 0 Å². The highest BCUT2D eigenvalue weighted by molar-refractivity contribution is 5.10. The van der Waals surface area contributed by atoms with E-state index in [1.165, 1.54) is 44.3 Å². The maximum Gasteiger partial charge on any atom is 0.0951 e. The normalized spacial score (nSPS) is 28.8. The van der Waals surface area contributed by atoms with E-state index in [4.69, 9.17) is 5.73 Å². The minimum absolute atomic E-state index is 0.341. The van der Waals surface area contributed by atoms with Crippen molar-refractivity contribution in [1.82, 2.24) is 14.5 Å². The van der Waals surface area contributed by atoms with E-state index < -0.39 is 0 Å². The smallest absolute Gasteiger partial charge is 0.0951 e. The predicted molar refractivity (Wildman–Crippen MR) is 81.5 cm³/mol. The lowest BCUT2D eigenvalue weighted by Crippen LogP contribution is -2.41. The third-order valence-electron chi connectivity index (χ3n) is 5.27. The van der Waals surface area contributed by atoms with Crippen LogP contribution in [-0.4, -0.2) is 33.6 Å². The Bertz CT molecular complexity index is 439. The number of rotatable bonds is 4. The number of nitrogens with two attached hydrogens (primary N) is 1. The topological polar surface area (TPSA) is 47.1 Å². The Morgan fingerprint density at radius 1 is 1.30 bits per heavy atom. The van der Waals surface area contributed by atoms with E-state index in [9.17, 15) is 0 Å². The second-order valence-corrected chi connectivity index (χ2v) is 6.71. The fraction of sp³-hybridized carbons (Fsp3) is 0.812. The molecule has 2 fully saturated rings. The van der Waals surface area contributed by atoms with Crippen molar-refractivity contribution >= 4 is 0 Å². The molecule has 0 aromatic carbocycles. The zero-order chi connectivity index (χ0) is 14.1. The fourth-order valence-electron chi connectivity index (χ4n) is 4.26. The molecule has 1 saturated carbocycles. The van der Waals surface area contributed by atoms with Crippen molar-refractivity contribution in [2.75, 3.05) is 13.1 Å². The summed E-state index contributed by atoms with van der Waals surface area (Å²) in [5.74, 6) is 0.910. The third-order valence-corrected chi connectivity index (χ3v) is 5.27. The Kier molecular flexibility index (Phi) is 4.13. The molecule has 3 unspecified atom stereocenters. The second kappa shape index (κ2) is 5.86. The van der Waals surface area contributed by atoms with Crippen LogP contribution in [0.4, 0.5) is 0 Å². The lowest BCUT2D eigenvalue weighted by molar-refractivity contribution is 0.130. The van der Waals surface area contributed by atoms with E-state index in [1.54, 1.807) is 0 Å². The van der Waals surface area contributed by atoms with Crippen LogP contribution < -0.4 is 5.73 Å². The predicted octanol–water partition coefficient (Wildman–Crippen LogP) is 2.73. The van der Waals surface area contributed by atoms with Gasteiger partial charge in [0.2, 0.25) is 0 Å². The highest BCUT2D eigenvalue weighted by atomic mass is 15.2. The standard InChI is InChI=1S/C16H28N4/c1-12(2)20-11-18-10-16(20)15(9-17)19-8-7-13-5-3-4-6-14(13)19/h10-15H,3-9,17H2,1-2H3. The van der Waals surface area contributed by atoms with Crippen LogP contribution in [-0.2, 0) is 0 Å². The monoisotopic (exact) mass is 276 g/mol. The van der Waals surface area contributed by atoms with Crippen molar-refractivity contribution in [2.45, 2.75) is 64.1 Å². The molecule has 1 aromatic heterocycles. The lowest BCUT2D eigenvalue weighted by Gasteiger charge is -2.37.